The Morgan fingerprint density at radius 1 is 1.09 bits per heavy atom. The van der Waals surface area contributed by atoms with Crippen molar-refractivity contribution in [3.05, 3.63) is 62.6 Å². The lowest BCUT2D eigenvalue weighted by molar-refractivity contribution is -0.133. The zero-order valence-electron chi connectivity index (χ0n) is 19.6. The third kappa shape index (κ3) is 3.21. The van der Waals surface area contributed by atoms with Crippen molar-refractivity contribution < 1.29 is 14.3 Å². The first kappa shape index (κ1) is 21.6. The number of hydrogen-bond donors (Lipinski definition) is 0. The Balaban J connectivity index is 1.17. The molecule has 2 aliphatic heterocycles. The number of carbonyl (C=O) groups excluding carboxylic acids is 2. The topological polar surface area (TPSA) is 112 Å². The van der Waals surface area contributed by atoms with Gasteiger partial charge in [-0.1, -0.05) is 24.3 Å². The van der Waals surface area contributed by atoms with E-state index in [-0.39, 0.29) is 47.9 Å². The van der Waals surface area contributed by atoms with E-state index in [1.54, 1.807) is 11.9 Å². The first-order valence-electron chi connectivity index (χ1n) is 11.8. The molecule has 2 saturated heterocycles. The molecule has 0 unspecified atom stereocenters. The summed E-state index contributed by atoms with van der Waals surface area (Å²) >= 11 is 0. The summed E-state index contributed by atoms with van der Waals surface area (Å²) < 4.78 is 9.51. The molecule has 182 valence electrons. The molecule has 6 rings (SSSR count). The van der Waals surface area contributed by atoms with Gasteiger partial charge < -0.3 is 14.2 Å². The lowest BCUT2D eigenvalue weighted by Gasteiger charge is -2.38. The molecule has 11 nitrogen and oxygen atoms in total. The molecule has 2 fully saturated rings. The molecule has 1 aromatic carbocycles. The number of imidazole rings is 1. The van der Waals surface area contributed by atoms with Crippen LogP contribution in [-0.2, 0) is 36.6 Å². The van der Waals surface area contributed by atoms with E-state index in [2.05, 4.69) is 17.1 Å². The van der Waals surface area contributed by atoms with E-state index in [1.807, 2.05) is 17.0 Å². The lowest BCUT2D eigenvalue weighted by atomic mass is 9.99. The van der Waals surface area contributed by atoms with Gasteiger partial charge in [0.25, 0.3) is 5.56 Å². The van der Waals surface area contributed by atoms with Crippen LogP contribution < -0.4 is 11.2 Å². The van der Waals surface area contributed by atoms with Crippen molar-refractivity contribution in [2.45, 2.75) is 44.0 Å². The summed E-state index contributed by atoms with van der Waals surface area (Å²) in [7, 11) is 2.95. The van der Waals surface area contributed by atoms with Gasteiger partial charge in [0, 0.05) is 39.6 Å². The summed E-state index contributed by atoms with van der Waals surface area (Å²) in [6.07, 6.45) is 3.07. The van der Waals surface area contributed by atoms with E-state index >= 15 is 0 Å². The van der Waals surface area contributed by atoms with Gasteiger partial charge in [-0.25, -0.2) is 14.6 Å². The summed E-state index contributed by atoms with van der Waals surface area (Å²) in [5.74, 6) is -0.133. The number of benzene rings is 1. The highest BCUT2D eigenvalue weighted by Gasteiger charge is 2.50. The van der Waals surface area contributed by atoms with Gasteiger partial charge in [-0.3, -0.25) is 23.6 Å². The van der Waals surface area contributed by atoms with Crippen LogP contribution in [0.15, 0.2) is 40.2 Å². The molecule has 1 aliphatic carbocycles. The first-order valence-corrected chi connectivity index (χ1v) is 11.8. The summed E-state index contributed by atoms with van der Waals surface area (Å²) in [4.78, 5) is 58.4. The van der Waals surface area contributed by atoms with Crippen LogP contribution in [0, 0.1) is 0 Å². The number of amides is 2. The monoisotopic (exact) mass is 478 g/mol. The van der Waals surface area contributed by atoms with Crippen LogP contribution in [0.3, 0.4) is 0 Å². The number of aryl methyl sites for hydroxylation is 1. The third-order valence-corrected chi connectivity index (χ3v) is 7.64. The minimum atomic E-state index is -0.481. The van der Waals surface area contributed by atoms with Crippen molar-refractivity contribution in [3.63, 3.8) is 0 Å². The van der Waals surface area contributed by atoms with Crippen LogP contribution in [0.25, 0.3) is 11.2 Å². The molecule has 0 N–H and O–H groups in total. The molecule has 2 aromatic heterocycles. The van der Waals surface area contributed by atoms with Crippen molar-refractivity contribution in [1.82, 2.24) is 28.5 Å². The number of hydrogen-bond acceptors (Lipinski definition) is 6. The minimum absolute atomic E-state index is 0.00333. The number of nitrogens with zero attached hydrogens (tertiary/aromatic N) is 6. The van der Waals surface area contributed by atoms with Crippen molar-refractivity contribution in [2.24, 2.45) is 14.1 Å². The van der Waals surface area contributed by atoms with Crippen molar-refractivity contribution >= 4 is 23.2 Å². The van der Waals surface area contributed by atoms with E-state index in [9.17, 15) is 19.2 Å². The molecule has 0 radical (unpaired) electrons. The molecule has 35 heavy (non-hydrogen) atoms. The smallest absolute Gasteiger partial charge is 0.411 e. The van der Waals surface area contributed by atoms with Gasteiger partial charge in [-0.2, -0.15) is 0 Å². The molecule has 4 heterocycles. The maximum absolute atomic E-state index is 13.1. The van der Waals surface area contributed by atoms with E-state index in [0.717, 1.165) is 16.6 Å². The van der Waals surface area contributed by atoms with Crippen molar-refractivity contribution in [1.29, 1.82) is 0 Å². The van der Waals surface area contributed by atoms with Gasteiger partial charge in [-0.15, -0.1) is 0 Å². The Labute approximate surface area is 200 Å². The molecule has 3 aliphatic rings. The molecule has 3 aromatic rings. The quantitative estimate of drug-likeness (QED) is 0.543. The second-order valence-corrected chi connectivity index (χ2v) is 9.54. The van der Waals surface area contributed by atoms with Crippen LogP contribution in [0.5, 0.6) is 0 Å². The lowest BCUT2D eigenvalue weighted by Crippen LogP contribution is -2.48. The third-order valence-electron chi connectivity index (χ3n) is 7.64. The Hall–Kier alpha value is -3.89. The van der Waals surface area contributed by atoms with Crippen LogP contribution >= 0.6 is 0 Å². The maximum Gasteiger partial charge on any atom is 0.411 e. The molecule has 2 atom stereocenters. The normalized spacial score (nSPS) is 21.9. The Kier molecular flexibility index (Phi) is 4.83. The fourth-order valence-corrected chi connectivity index (χ4v) is 5.81. The largest absolute Gasteiger partial charge is 0.443 e. The minimum Gasteiger partial charge on any atom is -0.443 e. The number of rotatable bonds is 3. The van der Waals surface area contributed by atoms with Gasteiger partial charge in [0.05, 0.1) is 12.4 Å². The number of fused-ring (bicyclic) bond motifs is 4. The predicted octanol–water partition coefficient (Wildman–Crippen LogP) is 0.543. The summed E-state index contributed by atoms with van der Waals surface area (Å²) in [5.41, 5.74) is 1.92. The Morgan fingerprint density at radius 2 is 1.83 bits per heavy atom. The van der Waals surface area contributed by atoms with E-state index in [4.69, 9.17) is 4.74 Å². The second kappa shape index (κ2) is 7.82. The molecular weight excluding hydrogens is 452 g/mol. The highest BCUT2D eigenvalue weighted by atomic mass is 16.6. The van der Waals surface area contributed by atoms with E-state index < -0.39 is 11.2 Å². The number of aromatic nitrogens is 4. The van der Waals surface area contributed by atoms with Gasteiger partial charge in [0.15, 0.2) is 11.2 Å². The second-order valence-electron chi connectivity index (χ2n) is 9.54. The molecule has 0 saturated carbocycles. The fourth-order valence-electron chi connectivity index (χ4n) is 5.81. The number of carbonyl (C=O) groups is 2. The molecule has 11 heteroatoms. The van der Waals surface area contributed by atoms with Crippen LogP contribution in [0.1, 0.15) is 30.0 Å². The molecular formula is C24H26N6O5. The Bertz CT molecular complexity index is 1480. The molecule has 2 amide bonds. The standard InChI is InChI=1S/C24H26N6O5/c1-26-21-20(22(32)27(2)23(26)33)29(13-25-21)12-18(31)28-9-7-15(8-10-28)30-19-16-6-4-3-5-14(16)11-17(19)35-24(30)34/h3-6,13,15,17,19H,7-12H2,1-2H3/t17-,19+/m0/s1. The predicted molar refractivity (Wildman–Crippen MR) is 125 cm³/mol. The molecule has 0 spiro atoms. The van der Waals surface area contributed by atoms with Gasteiger partial charge in [0.2, 0.25) is 5.91 Å². The van der Waals surface area contributed by atoms with Gasteiger partial charge in [0.1, 0.15) is 12.6 Å². The van der Waals surface area contributed by atoms with Crippen molar-refractivity contribution in [3.8, 4) is 0 Å². The summed E-state index contributed by atoms with van der Waals surface area (Å²) in [5, 5.41) is 0. The van der Waals surface area contributed by atoms with Crippen LogP contribution in [0.2, 0.25) is 0 Å². The summed E-state index contributed by atoms with van der Waals surface area (Å²) in [6.45, 7) is 0.976. The average Bonchev–Trinajstić information content (AvgIpc) is 3.52. The average molecular weight is 479 g/mol. The van der Waals surface area contributed by atoms with E-state index in [0.29, 0.717) is 25.9 Å². The highest BCUT2D eigenvalue weighted by molar-refractivity contribution is 5.79. The molecule has 0 bridgehead atoms. The SMILES string of the molecule is Cn1c(=O)c2c(ncn2CC(=O)N2CCC(N3C(=O)O[C@H]4Cc5ccccc5[C@H]43)CC2)n(C)c1=O. The first-order chi connectivity index (χ1) is 16.8. The van der Waals surface area contributed by atoms with Crippen molar-refractivity contribution in [2.75, 3.05) is 13.1 Å². The van der Waals surface area contributed by atoms with Crippen LogP contribution in [-0.4, -0.2) is 65.7 Å². The fraction of sp³-hybridized carbons (Fsp3) is 0.458. The zero-order chi connectivity index (χ0) is 24.4. The number of ether oxygens (including phenoxy) is 1. The number of likely N-dealkylation sites (tertiary alicyclic amines) is 1. The van der Waals surface area contributed by atoms with Gasteiger partial charge in [-0.05, 0) is 24.0 Å². The number of piperidine rings is 1. The Morgan fingerprint density at radius 3 is 2.60 bits per heavy atom. The van der Waals surface area contributed by atoms with Gasteiger partial charge >= 0.3 is 11.8 Å². The van der Waals surface area contributed by atoms with E-state index in [1.165, 1.54) is 28.1 Å². The maximum atomic E-state index is 13.1. The highest BCUT2D eigenvalue weighted by Crippen LogP contribution is 2.44. The zero-order valence-corrected chi connectivity index (χ0v) is 19.6. The van der Waals surface area contributed by atoms with Crippen LogP contribution in [0.4, 0.5) is 4.79 Å². The summed E-state index contributed by atoms with van der Waals surface area (Å²) in [6, 6.07) is 8.10.